The van der Waals surface area contributed by atoms with E-state index in [4.69, 9.17) is 13.9 Å². The maximum Gasteiger partial charge on any atom is 0.200 e. The van der Waals surface area contributed by atoms with E-state index in [1.165, 1.54) is 6.07 Å². The lowest BCUT2D eigenvalue weighted by atomic mass is 9.73. The summed E-state index contributed by atoms with van der Waals surface area (Å²) in [6.45, 7) is 5.51. The number of hydrogen-bond acceptors (Lipinski definition) is 8. The van der Waals surface area contributed by atoms with E-state index in [0.29, 0.717) is 16.9 Å². The first-order valence-corrected chi connectivity index (χ1v) is 10.7. The van der Waals surface area contributed by atoms with Crippen LogP contribution < -0.4 is 14.9 Å². The lowest BCUT2D eigenvalue weighted by molar-refractivity contribution is -0.0785. The highest BCUT2D eigenvalue weighted by molar-refractivity contribution is 5.96. The molecule has 2 aromatic carbocycles. The predicted octanol–water partition coefficient (Wildman–Crippen LogP) is 3.75. The zero-order chi connectivity index (χ0) is 23.4. The molecule has 0 fully saturated rings. The topological polar surface area (TPSA) is 130 Å². The molecule has 3 heterocycles. The van der Waals surface area contributed by atoms with Crippen LogP contribution in [0.4, 0.5) is 0 Å². The third-order valence-corrected chi connectivity index (χ3v) is 6.89. The van der Waals surface area contributed by atoms with Crippen molar-refractivity contribution in [3.05, 3.63) is 45.1 Å². The number of benzene rings is 2. The van der Waals surface area contributed by atoms with Gasteiger partial charge < -0.3 is 34.3 Å². The number of aliphatic hydroxyl groups is 1. The van der Waals surface area contributed by atoms with E-state index in [-0.39, 0.29) is 57.3 Å². The number of hydrogen-bond donors (Lipinski definition) is 4. The summed E-state index contributed by atoms with van der Waals surface area (Å²) in [5, 5.41) is 42.3. The molecule has 170 valence electrons. The molecule has 0 saturated carbocycles. The Kier molecular flexibility index (Phi) is 3.77. The van der Waals surface area contributed by atoms with E-state index in [1.807, 2.05) is 19.9 Å². The molecule has 2 aliphatic heterocycles. The van der Waals surface area contributed by atoms with Gasteiger partial charge in [-0.15, -0.1) is 0 Å². The van der Waals surface area contributed by atoms with E-state index in [1.54, 1.807) is 13.0 Å². The van der Waals surface area contributed by atoms with Crippen LogP contribution in [0.5, 0.6) is 28.7 Å². The van der Waals surface area contributed by atoms with Gasteiger partial charge in [0.25, 0.3) is 0 Å². The van der Waals surface area contributed by atoms with Gasteiger partial charge in [0.1, 0.15) is 34.0 Å². The number of ether oxygens (including phenoxy) is 2. The van der Waals surface area contributed by atoms with Crippen molar-refractivity contribution in [3.63, 3.8) is 0 Å². The monoisotopic (exact) mass is 450 g/mol. The zero-order valence-electron chi connectivity index (χ0n) is 18.2. The van der Waals surface area contributed by atoms with Gasteiger partial charge in [0.05, 0.1) is 11.1 Å². The molecule has 33 heavy (non-hydrogen) atoms. The molecule has 3 unspecified atom stereocenters. The van der Waals surface area contributed by atoms with E-state index in [9.17, 15) is 25.2 Å². The maximum absolute atomic E-state index is 13.6. The van der Waals surface area contributed by atoms with Crippen LogP contribution in [0.1, 0.15) is 43.4 Å². The molecule has 1 aromatic heterocycles. The molecule has 0 amide bonds. The van der Waals surface area contributed by atoms with Crippen LogP contribution in [0.25, 0.3) is 28.4 Å². The average molecular weight is 450 g/mol. The van der Waals surface area contributed by atoms with Gasteiger partial charge >= 0.3 is 0 Å². The van der Waals surface area contributed by atoms with Crippen molar-refractivity contribution < 1.29 is 34.3 Å². The molecular formula is C25H22O8. The number of aliphatic hydroxyl groups excluding tert-OH is 1. The van der Waals surface area contributed by atoms with Gasteiger partial charge in [-0.25, -0.2) is 0 Å². The first kappa shape index (κ1) is 20.0. The van der Waals surface area contributed by atoms with Gasteiger partial charge in [0, 0.05) is 35.1 Å². The van der Waals surface area contributed by atoms with Crippen molar-refractivity contribution >= 4 is 17.0 Å². The van der Waals surface area contributed by atoms with Crippen molar-refractivity contribution in [2.45, 2.75) is 45.0 Å². The Labute approximate surface area is 187 Å². The summed E-state index contributed by atoms with van der Waals surface area (Å²) in [7, 11) is 0. The van der Waals surface area contributed by atoms with Crippen LogP contribution in [0.15, 0.2) is 27.4 Å². The fourth-order valence-electron chi connectivity index (χ4n) is 5.18. The lowest BCUT2D eigenvalue weighted by Gasteiger charge is -2.39. The Hall–Kier alpha value is -3.65. The minimum atomic E-state index is -1.19. The Balaban J connectivity index is 1.73. The Morgan fingerprint density at radius 3 is 2.61 bits per heavy atom. The van der Waals surface area contributed by atoms with Crippen LogP contribution in [0, 0.1) is 5.92 Å². The van der Waals surface area contributed by atoms with Gasteiger partial charge in [-0.2, -0.15) is 0 Å². The normalized spacial score (nSPS) is 23.8. The minimum absolute atomic E-state index is 0.0302. The number of phenols is 3. The SMILES string of the molecule is CC1C(O)Oc2c(O)cc(O)c3c2C1Cc1c-3oc2c3c(cc(O)c2c1=O)OC(C)(C)C=C3. The molecule has 3 atom stereocenters. The first-order valence-electron chi connectivity index (χ1n) is 10.7. The Morgan fingerprint density at radius 2 is 1.85 bits per heavy atom. The van der Waals surface area contributed by atoms with E-state index in [2.05, 4.69) is 0 Å². The second kappa shape index (κ2) is 6.23. The van der Waals surface area contributed by atoms with E-state index >= 15 is 0 Å². The second-order valence-corrected chi connectivity index (χ2v) is 9.50. The standard InChI is InChI=1S/C25H22O8/c1-9-11-6-12-20(29)19-14(27)8-16-10(4-5-25(2,3)33-16)21(19)31-22(12)18-13(26)7-15(28)23(17(11)18)32-24(9)30/h4-5,7-9,11,24,26-28,30H,6H2,1-3H3. The van der Waals surface area contributed by atoms with Crippen molar-refractivity contribution in [2.24, 2.45) is 5.92 Å². The molecule has 0 spiro atoms. The van der Waals surface area contributed by atoms with Crippen molar-refractivity contribution in [2.75, 3.05) is 0 Å². The highest BCUT2D eigenvalue weighted by Crippen LogP contribution is 2.57. The summed E-state index contributed by atoms with van der Waals surface area (Å²) >= 11 is 0. The molecule has 3 aromatic rings. The first-order chi connectivity index (χ1) is 15.6. The van der Waals surface area contributed by atoms with E-state index in [0.717, 1.165) is 6.07 Å². The summed E-state index contributed by atoms with van der Waals surface area (Å²) in [6, 6.07) is 2.52. The summed E-state index contributed by atoms with van der Waals surface area (Å²) in [4.78, 5) is 13.6. The van der Waals surface area contributed by atoms with E-state index < -0.39 is 29.2 Å². The third-order valence-electron chi connectivity index (χ3n) is 6.89. The molecule has 3 aliphatic rings. The average Bonchev–Trinajstić information content (AvgIpc) is 2.73. The number of rotatable bonds is 0. The lowest BCUT2D eigenvalue weighted by Crippen LogP contribution is -2.37. The van der Waals surface area contributed by atoms with Crippen LogP contribution in [0.2, 0.25) is 0 Å². The van der Waals surface area contributed by atoms with Gasteiger partial charge in [0.2, 0.25) is 6.29 Å². The Bertz CT molecular complexity index is 1460. The Morgan fingerprint density at radius 1 is 1.09 bits per heavy atom. The van der Waals surface area contributed by atoms with Crippen LogP contribution >= 0.6 is 0 Å². The summed E-state index contributed by atoms with van der Waals surface area (Å²) < 4.78 is 17.7. The molecular weight excluding hydrogens is 428 g/mol. The smallest absolute Gasteiger partial charge is 0.200 e. The summed E-state index contributed by atoms with van der Waals surface area (Å²) in [6.07, 6.45) is 2.62. The van der Waals surface area contributed by atoms with Gasteiger partial charge in [-0.1, -0.05) is 6.92 Å². The number of phenolic OH excluding ortho intramolecular Hbond substituents is 3. The van der Waals surface area contributed by atoms with Crippen LogP contribution in [-0.2, 0) is 6.42 Å². The molecule has 1 aliphatic carbocycles. The largest absolute Gasteiger partial charge is 0.507 e. The molecule has 4 N–H and O–H groups in total. The van der Waals surface area contributed by atoms with Gasteiger partial charge in [0.15, 0.2) is 22.5 Å². The zero-order valence-corrected chi connectivity index (χ0v) is 18.2. The summed E-state index contributed by atoms with van der Waals surface area (Å²) in [5.74, 6) is -1.07. The van der Waals surface area contributed by atoms with Crippen molar-refractivity contribution in [1.82, 2.24) is 0 Å². The fourth-order valence-corrected chi connectivity index (χ4v) is 5.18. The molecule has 8 heteroatoms. The fraction of sp³-hybridized carbons (Fsp3) is 0.320. The quantitative estimate of drug-likeness (QED) is 0.408. The molecule has 0 saturated heterocycles. The molecule has 6 rings (SSSR count). The summed E-state index contributed by atoms with van der Waals surface area (Å²) in [5.41, 5.74) is 0.646. The second-order valence-electron chi connectivity index (χ2n) is 9.50. The number of aromatic hydroxyl groups is 3. The molecule has 0 bridgehead atoms. The number of fused-ring (bicyclic) bond motifs is 5. The van der Waals surface area contributed by atoms with Crippen LogP contribution in [0.3, 0.4) is 0 Å². The van der Waals surface area contributed by atoms with Crippen molar-refractivity contribution in [3.8, 4) is 40.1 Å². The van der Waals surface area contributed by atoms with Gasteiger partial charge in [-0.3, -0.25) is 4.79 Å². The maximum atomic E-state index is 13.6. The highest BCUT2D eigenvalue weighted by Gasteiger charge is 2.44. The molecule has 0 radical (unpaired) electrons. The molecule has 8 nitrogen and oxygen atoms in total. The predicted molar refractivity (Wildman–Crippen MR) is 119 cm³/mol. The third kappa shape index (κ3) is 2.58. The highest BCUT2D eigenvalue weighted by atomic mass is 16.6. The van der Waals surface area contributed by atoms with Crippen LogP contribution in [-0.4, -0.2) is 32.3 Å². The van der Waals surface area contributed by atoms with Crippen molar-refractivity contribution in [1.29, 1.82) is 0 Å². The van der Waals surface area contributed by atoms with Gasteiger partial charge in [-0.05, 0) is 32.4 Å². The minimum Gasteiger partial charge on any atom is -0.507 e.